The van der Waals surface area contributed by atoms with Crippen LogP contribution in [0, 0.1) is 0 Å². The topological polar surface area (TPSA) is 55.8 Å². The molecule has 118 valence electrons. The van der Waals surface area contributed by atoms with Crippen molar-refractivity contribution in [1.29, 1.82) is 0 Å². The second-order valence-electron chi connectivity index (χ2n) is 5.09. The summed E-state index contributed by atoms with van der Waals surface area (Å²) >= 11 is 0. The quantitative estimate of drug-likeness (QED) is 0.597. The molecule has 0 aliphatic rings. The van der Waals surface area contributed by atoms with E-state index in [1.807, 2.05) is 0 Å². The summed E-state index contributed by atoms with van der Waals surface area (Å²) in [5, 5.41) is 8.68. The fourth-order valence-corrected chi connectivity index (χ4v) is 2.01. The lowest BCUT2D eigenvalue weighted by Crippen LogP contribution is -2.07. The second-order valence-corrected chi connectivity index (χ2v) is 5.09. The predicted octanol–water partition coefficient (Wildman–Crippen LogP) is 3.68. The molecule has 0 aromatic heterocycles. The van der Waals surface area contributed by atoms with Crippen LogP contribution in [0.25, 0.3) is 0 Å². The molecule has 4 heteroatoms. The zero-order valence-electron chi connectivity index (χ0n) is 12.8. The average molecular weight is 294 g/mol. The zero-order valence-corrected chi connectivity index (χ0v) is 12.8. The van der Waals surface area contributed by atoms with Crippen molar-refractivity contribution in [2.45, 2.75) is 45.4 Å². The van der Waals surface area contributed by atoms with Gasteiger partial charge in [0.2, 0.25) is 0 Å². The lowest BCUT2D eigenvalue weighted by atomic mass is 10.1. The van der Waals surface area contributed by atoms with Crippen molar-refractivity contribution >= 4 is 5.97 Å². The molecule has 0 aliphatic heterocycles. The normalized spacial score (nSPS) is 10.5. The molecule has 0 fully saturated rings. The molecule has 21 heavy (non-hydrogen) atoms. The molecule has 1 aromatic rings. The van der Waals surface area contributed by atoms with Crippen LogP contribution in [0.2, 0.25) is 0 Å². The van der Waals surface area contributed by atoms with Crippen molar-refractivity contribution in [3.05, 3.63) is 29.8 Å². The summed E-state index contributed by atoms with van der Waals surface area (Å²) in [6.45, 7) is 4.12. The van der Waals surface area contributed by atoms with Gasteiger partial charge in [-0.15, -0.1) is 0 Å². The third-order valence-electron chi connectivity index (χ3n) is 3.17. The van der Waals surface area contributed by atoms with Crippen molar-refractivity contribution in [2.75, 3.05) is 19.8 Å². The molecule has 0 saturated heterocycles. The number of ether oxygens (including phenoxy) is 2. The third-order valence-corrected chi connectivity index (χ3v) is 3.17. The number of benzene rings is 1. The Bertz CT molecular complexity index is 386. The largest absolute Gasteiger partial charge is 0.491 e. The molecule has 0 bridgehead atoms. The van der Waals surface area contributed by atoms with Gasteiger partial charge in [0.1, 0.15) is 12.4 Å². The monoisotopic (exact) mass is 294 g/mol. The molecule has 0 aliphatic carbocycles. The van der Waals surface area contributed by atoms with Crippen molar-refractivity contribution < 1.29 is 19.4 Å². The van der Waals surface area contributed by atoms with Crippen LogP contribution in [0.15, 0.2) is 24.3 Å². The standard InChI is InChI=1S/C17H26O4/c1-2-3-4-5-6-11-20-12-13-21-16-9-7-15(8-10-16)14-17(18)19/h7-10H,2-6,11-14H2,1H3,(H,18,19). The van der Waals surface area contributed by atoms with Crippen LogP contribution < -0.4 is 4.74 Å². The summed E-state index contributed by atoms with van der Waals surface area (Å²) in [6, 6.07) is 7.14. The van der Waals surface area contributed by atoms with Gasteiger partial charge in [-0.2, -0.15) is 0 Å². The highest BCUT2D eigenvalue weighted by Crippen LogP contribution is 2.12. The van der Waals surface area contributed by atoms with E-state index in [0.29, 0.717) is 13.2 Å². The molecule has 4 nitrogen and oxygen atoms in total. The van der Waals surface area contributed by atoms with Gasteiger partial charge in [0.05, 0.1) is 13.0 Å². The first-order valence-corrected chi connectivity index (χ1v) is 7.73. The van der Waals surface area contributed by atoms with Gasteiger partial charge in [0.15, 0.2) is 0 Å². The number of carbonyl (C=O) groups is 1. The van der Waals surface area contributed by atoms with E-state index >= 15 is 0 Å². The second kappa shape index (κ2) is 11.1. The van der Waals surface area contributed by atoms with E-state index in [2.05, 4.69) is 6.92 Å². The number of carboxylic acids is 1. The third kappa shape index (κ3) is 9.08. The maximum absolute atomic E-state index is 10.6. The minimum absolute atomic E-state index is 0.0431. The van der Waals surface area contributed by atoms with E-state index in [1.54, 1.807) is 24.3 Å². The van der Waals surface area contributed by atoms with E-state index < -0.39 is 5.97 Å². The maximum atomic E-state index is 10.6. The predicted molar refractivity (Wildman–Crippen MR) is 82.9 cm³/mol. The van der Waals surface area contributed by atoms with Gasteiger partial charge >= 0.3 is 5.97 Å². The maximum Gasteiger partial charge on any atom is 0.307 e. The van der Waals surface area contributed by atoms with Gasteiger partial charge in [0, 0.05) is 6.61 Å². The minimum atomic E-state index is -0.823. The van der Waals surface area contributed by atoms with Gasteiger partial charge in [-0.1, -0.05) is 44.7 Å². The molecule has 1 aromatic carbocycles. The lowest BCUT2D eigenvalue weighted by molar-refractivity contribution is -0.136. The van der Waals surface area contributed by atoms with E-state index in [0.717, 1.165) is 24.3 Å². The van der Waals surface area contributed by atoms with Crippen LogP contribution in [-0.2, 0) is 16.0 Å². The molecule has 0 unspecified atom stereocenters. The number of hydrogen-bond donors (Lipinski definition) is 1. The van der Waals surface area contributed by atoms with Crippen LogP contribution in [-0.4, -0.2) is 30.9 Å². The molecule has 1 N–H and O–H groups in total. The summed E-state index contributed by atoms with van der Waals surface area (Å²) in [5.74, 6) is -0.0771. The summed E-state index contributed by atoms with van der Waals surface area (Å²) in [7, 11) is 0. The smallest absolute Gasteiger partial charge is 0.307 e. The minimum Gasteiger partial charge on any atom is -0.491 e. The molecule has 0 amide bonds. The van der Waals surface area contributed by atoms with Gasteiger partial charge < -0.3 is 14.6 Å². The van der Waals surface area contributed by atoms with Gasteiger partial charge in [-0.25, -0.2) is 0 Å². The number of hydrogen-bond acceptors (Lipinski definition) is 3. The first-order chi connectivity index (χ1) is 10.2. The van der Waals surface area contributed by atoms with E-state index in [4.69, 9.17) is 14.6 Å². The molecule has 1 rings (SSSR count). The molecule has 0 atom stereocenters. The van der Waals surface area contributed by atoms with Crippen LogP contribution in [0.5, 0.6) is 5.75 Å². The molecular weight excluding hydrogens is 268 g/mol. The summed E-state index contributed by atoms with van der Waals surface area (Å²) in [6.07, 6.45) is 6.25. The van der Waals surface area contributed by atoms with Gasteiger partial charge in [-0.05, 0) is 24.1 Å². The van der Waals surface area contributed by atoms with Crippen LogP contribution in [0.4, 0.5) is 0 Å². The van der Waals surface area contributed by atoms with Crippen molar-refractivity contribution in [1.82, 2.24) is 0 Å². The Morgan fingerprint density at radius 2 is 1.71 bits per heavy atom. The first-order valence-electron chi connectivity index (χ1n) is 7.73. The SMILES string of the molecule is CCCCCCCOCCOc1ccc(CC(=O)O)cc1. The summed E-state index contributed by atoms with van der Waals surface area (Å²) in [4.78, 5) is 10.6. The first kappa shape index (κ1) is 17.5. The van der Waals surface area contributed by atoms with Crippen molar-refractivity contribution in [3.63, 3.8) is 0 Å². The fourth-order valence-electron chi connectivity index (χ4n) is 2.01. The van der Waals surface area contributed by atoms with E-state index in [1.165, 1.54) is 25.7 Å². The van der Waals surface area contributed by atoms with Crippen LogP contribution >= 0.6 is 0 Å². The Morgan fingerprint density at radius 1 is 1.00 bits per heavy atom. The molecule has 0 saturated carbocycles. The average Bonchev–Trinajstić information content (AvgIpc) is 2.47. The molecule has 0 spiro atoms. The number of unbranched alkanes of at least 4 members (excludes halogenated alkanes) is 4. The Morgan fingerprint density at radius 3 is 2.38 bits per heavy atom. The molecule has 0 heterocycles. The Balaban J connectivity index is 2.03. The highest BCUT2D eigenvalue weighted by atomic mass is 16.5. The van der Waals surface area contributed by atoms with Crippen LogP contribution in [0.3, 0.4) is 0 Å². The lowest BCUT2D eigenvalue weighted by Gasteiger charge is -2.07. The number of aliphatic carboxylic acids is 1. The number of carboxylic acid groups (broad SMARTS) is 1. The zero-order chi connectivity index (χ0) is 15.3. The van der Waals surface area contributed by atoms with Crippen molar-refractivity contribution in [2.24, 2.45) is 0 Å². The highest BCUT2D eigenvalue weighted by Gasteiger charge is 2.00. The summed E-state index contributed by atoms with van der Waals surface area (Å²) < 4.78 is 11.0. The molecular formula is C17H26O4. The van der Waals surface area contributed by atoms with Crippen LogP contribution in [0.1, 0.15) is 44.6 Å². The van der Waals surface area contributed by atoms with Gasteiger partial charge in [0.25, 0.3) is 0 Å². The van der Waals surface area contributed by atoms with Crippen molar-refractivity contribution in [3.8, 4) is 5.75 Å². The Hall–Kier alpha value is -1.55. The summed E-state index contributed by atoms with van der Waals surface area (Å²) in [5.41, 5.74) is 0.776. The Labute approximate surface area is 127 Å². The van der Waals surface area contributed by atoms with E-state index in [9.17, 15) is 4.79 Å². The fraction of sp³-hybridized carbons (Fsp3) is 0.588. The Kier molecular flexibility index (Phi) is 9.29. The van der Waals surface area contributed by atoms with E-state index in [-0.39, 0.29) is 6.42 Å². The van der Waals surface area contributed by atoms with Gasteiger partial charge in [-0.3, -0.25) is 4.79 Å². The molecule has 0 radical (unpaired) electrons. The highest BCUT2D eigenvalue weighted by molar-refractivity contribution is 5.70. The number of rotatable bonds is 12.